The first-order valence-corrected chi connectivity index (χ1v) is 11.8. The number of rotatable bonds is 7. The van der Waals surface area contributed by atoms with Gasteiger partial charge in [-0.25, -0.2) is 0 Å². The van der Waals surface area contributed by atoms with Crippen molar-refractivity contribution >= 4 is 51.6 Å². The summed E-state index contributed by atoms with van der Waals surface area (Å²) in [7, 11) is 1.52. The van der Waals surface area contributed by atoms with Gasteiger partial charge < -0.3 is 9.73 Å². The Kier molecular flexibility index (Phi) is 6.77. The molecule has 4 rings (SSSR count). The maximum Gasteiger partial charge on any atom is 0.294 e. The summed E-state index contributed by atoms with van der Waals surface area (Å²) in [6.07, 6.45) is 5.54. The lowest BCUT2D eigenvalue weighted by Crippen LogP contribution is -2.40. The van der Waals surface area contributed by atoms with Crippen LogP contribution in [-0.2, 0) is 10.5 Å². The highest BCUT2D eigenvalue weighted by molar-refractivity contribution is 8.00. The largest absolute Gasteiger partial charge is 0.451 e. The zero-order valence-corrected chi connectivity index (χ0v) is 19.6. The number of nitrogens with zero attached hydrogens (tertiary/aromatic N) is 3. The van der Waals surface area contributed by atoms with E-state index in [1.54, 1.807) is 24.3 Å². The Bertz CT molecular complexity index is 1370. The quantitative estimate of drug-likeness (QED) is 0.317. The number of carbonyl (C=O) groups is 2. The number of hydrogen-bond donors (Lipinski definition) is 1. The third-order valence-corrected chi connectivity index (χ3v) is 6.89. The van der Waals surface area contributed by atoms with E-state index >= 15 is 0 Å². The van der Waals surface area contributed by atoms with E-state index in [1.165, 1.54) is 35.0 Å². The number of benzene rings is 2. The molecule has 0 bridgehead atoms. The van der Waals surface area contributed by atoms with Crippen LogP contribution in [0.4, 0.5) is 5.69 Å². The van der Waals surface area contributed by atoms with E-state index in [4.69, 9.17) is 10.8 Å². The van der Waals surface area contributed by atoms with Crippen molar-refractivity contribution in [3.8, 4) is 12.3 Å². The minimum absolute atomic E-state index is 0.178. The molecule has 0 aliphatic heterocycles. The van der Waals surface area contributed by atoms with E-state index in [-0.39, 0.29) is 18.2 Å². The number of likely N-dealkylation sites (N-methyl/N-ethyl adjacent to an activating group) is 1. The number of anilines is 1. The molecule has 166 valence electrons. The third-order valence-electron chi connectivity index (χ3n) is 4.89. The van der Waals surface area contributed by atoms with Gasteiger partial charge in [0.2, 0.25) is 5.91 Å². The highest BCUT2D eigenvalue weighted by atomic mass is 32.2. The number of aryl methyl sites for hydroxylation is 1. The summed E-state index contributed by atoms with van der Waals surface area (Å²) >= 11 is 2.98. The Hall–Kier alpha value is -3.61. The van der Waals surface area contributed by atoms with Gasteiger partial charge in [0.05, 0.1) is 0 Å². The summed E-state index contributed by atoms with van der Waals surface area (Å²) in [6.45, 7) is 1.72. The Morgan fingerprint density at radius 3 is 2.76 bits per heavy atom. The minimum Gasteiger partial charge on any atom is -0.451 e. The fourth-order valence-corrected chi connectivity index (χ4v) is 5.12. The van der Waals surface area contributed by atoms with Gasteiger partial charge in [0.15, 0.2) is 10.1 Å². The molecule has 0 aliphatic carbocycles. The highest BCUT2D eigenvalue weighted by Crippen LogP contribution is 2.34. The van der Waals surface area contributed by atoms with Crippen LogP contribution in [0.3, 0.4) is 0 Å². The Labute approximate surface area is 199 Å². The van der Waals surface area contributed by atoms with Crippen molar-refractivity contribution < 1.29 is 14.0 Å². The van der Waals surface area contributed by atoms with Crippen LogP contribution >= 0.6 is 23.1 Å². The number of carbonyl (C=O) groups excluding carboxylic acids is 2. The number of nitrogens with one attached hydrogen (secondary N) is 1. The van der Waals surface area contributed by atoms with Gasteiger partial charge in [-0.15, -0.1) is 16.6 Å². The van der Waals surface area contributed by atoms with Crippen molar-refractivity contribution in [3.05, 3.63) is 70.4 Å². The number of amides is 2. The average molecular weight is 477 g/mol. The van der Waals surface area contributed by atoms with Crippen LogP contribution in [0, 0.1) is 19.3 Å². The Balaban J connectivity index is 1.76. The molecule has 0 saturated heterocycles. The van der Waals surface area contributed by atoms with Crippen molar-refractivity contribution in [2.75, 3.05) is 18.5 Å². The van der Waals surface area contributed by atoms with E-state index in [1.807, 2.05) is 31.2 Å². The number of hydrogen-bond acceptors (Lipinski definition) is 7. The molecule has 2 aromatic heterocycles. The maximum absolute atomic E-state index is 13.8. The maximum atomic E-state index is 13.8. The third kappa shape index (κ3) is 4.92. The van der Waals surface area contributed by atoms with E-state index in [0.717, 1.165) is 20.3 Å². The second-order valence-electron chi connectivity index (χ2n) is 7.04. The second-order valence-corrected chi connectivity index (χ2v) is 9.44. The molecular formula is C24H20N4O3S2. The van der Waals surface area contributed by atoms with Crippen LogP contribution in [0.5, 0.6) is 0 Å². The smallest absolute Gasteiger partial charge is 0.294 e. The molecule has 7 nitrogen and oxygen atoms in total. The summed E-state index contributed by atoms with van der Waals surface area (Å²) in [4.78, 5) is 27.4. The van der Waals surface area contributed by atoms with Crippen molar-refractivity contribution in [1.82, 2.24) is 15.5 Å². The van der Waals surface area contributed by atoms with Crippen LogP contribution in [0.15, 0.2) is 57.3 Å². The number of terminal acetylenes is 1. The van der Waals surface area contributed by atoms with Crippen molar-refractivity contribution in [3.63, 3.8) is 0 Å². The monoisotopic (exact) mass is 476 g/mol. The Morgan fingerprint density at radius 2 is 2.03 bits per heavy atom. The van der Waals surface area contributed by atoms with Crippen LogP contribution < -0.4 is 10.2 Å². The lowest BCUT2D eigenvalue weighted by molar-refractivity contribution is -0.119. The van der Waals surface area contributed by atoms with Crippen molar-refractivity contribution in [1.29, 1.82) is 0 Å². The lowest BCUT2D eigenvalue weighted by atomic mass is 10.1. The van der Waals surface area contributed by atoms with Crippen LogP contribution in [0.1, 0.15) is 26.7 Å². The fraction of sp³-hybridized carbons (Fsp3) is 0.167. The number of fused-ring (bicyclic) bond motifs is 1. The first kappa shape index (κ1) is 22.6. The van der Waals surface area contributed by atoms with E-state index in [0.29, 0.717) is 22.6 Å². The number of para-hydroxylation sites is 1. The molecule has 4 aromatic rings. The van der Waals surface area contributed by atoms with Gasteiger partial charge in [0.25, 0.3) is 5.91 Å². The van der Waals surface area contributed by atoms with Gasteiger partial charge in [-0.2, -0.15) is 0 Å². The molecule has 0 aliphatic rings. The van der Waals surface area contributed by atoms with E-state index < -0.39 is 5.91 Å². The summed E-state index contributed by atoms with van der Waals surface area (Å²) in [5, 5.41) is 12.5. The minimum atomic E-state index is -0.423. The number of thioether (sulfide) groups is 1. The van der Waals surface area contributed by atoms with Crippen LogP contribution in [0.25, 0.3) is 11.0 Å². The van der Waals surface area contributed by atoms with E-state index in [2.05, 4.69) is 21.4 Å². The molecule has 2 amide bonds. The summed E-state index contributed by atoms with van der Waals surface area (Å²) in [6, 6.07) is 14.4. The summed E-state index contributed by atoms with van der Waals surface area (Å²) in [5.41, 5.74) is 2.46. The molecular weight excluding hydrogens is 456 g/mol. The fourth-order valence-electron chi connectivity index (χ4n) is 3.27. The molecule has 0 fully saturated rings. The predicted molar refractivity (Wildman–Crippen MR) is 131 cm³/mol. The van der Waals surface area contributed by atoms with Gasteiger partial charge >= 0.3 is 0 Å². The van der Waals surface area contributed by atoms with Gasteiger partial charge in [0, 0.05) is 35.0 Å². The standard InChI is InChI=1S/C24H20N4O3S2/c1-4-16-8-7-9-17(12-16)28(13-21(29)25-3)23(30)22-19(14-32-24-27-26-15(2)33-24)18-10-5-6-11-20(18)31-22/h1,5-12H,13-14H2,2-3H3,(H,25,29). The molecule has 9 heteroatoms. The van der Waals surface area contributed by atoms with Gasteiger partial charge in [-0.1, -0.05) is 53.3 Å². The number of aromatic nitrogens is 2. The molecule has 0 radical (unpaired) electrons. The topological polar surface area (TPSA) is 88.3 Å². The highest BCUT2D eigenvalue weighted by Gasteiger charge is 2.28. The molecule has 1 N–H and O–H groups in total. The molecule has 0 spiro atoms. The van der Waals surface area contributed by atoms with Gasteiger partial charge in [-0.05, 0) is 31.2 Å². The zero-order valence-electron chi connectivity index (χ0n) is 18.0. The Morgan fingerprint density at radius 1 is 1.21 bits per heavy atom. The molecule has 33 heavy (non-hydrogen) atoms. The van der Waals surface area contributed by atoms with Crippen molar-refractivity contribution in [2.45, 2.75) is 17.0 Å². The van der Waals surface area contributed by atoms with E-state index in [9.17, 15) is 9.59 Å². The van der Waals surface area contributed by atoms with Crippen LogP contribution in [-0.4, -0.2) is 35.6 Å². The SMILES string of the molecule is C#Cc1cccc(N(CC(=O)NC)C(=O)c2oc3ccccc3c2CSc2nnc(C)s2)c1. The molecule has 0 unspecified atom stereocenters. The average Bonchev–Trinajstić information content (AvgIpc) is 3.43. The normalized spacial score (nSPS) is 10.7. The van der Waals surface area contributed by atoms with Crippen molar-refractivity contribution in [2.24, 2.45) is 0 Å². The summed E-state index contributed by atoms with van der Waals surface area (Å²) in [5.74, 6) is 2.47. The molecule has 2 heterocycles. The lowest BCUT2D eigenvalue weighted by Gasteiger charge is -2.21. The molecule has 2 aromatic carbocycles. The molecule has 0 saturated carbocycles. The molecule has 0 atom stereocenters. The first-order valence-electron chi connectivity index (χ1n) is 10.0. The summed E-state index contributed by atoms with van der Waals surface area (Å²) < 4.78 is 6.83. The van der Waals surface area contributed by atoms with Gasteiger partial charge in [-0.3, -0.25) is 14.5 Å². The zero-order chi connectivity index (χ0) is 23.4. The first-order chi connectivity index (χ1) is 16.0. The predicted octanol–water partition coefficient (Wildman–Crippen LogP) is 4.26. The van der Waals surface area contributed by atoms with Gasteiger partial charge in [0.1, 0.15) is 17.1 Å². The number of furan rings is 1. The second kappa shape index (κ2) is 9.90. The van der Waals surface area contributed by atoms with Crippen LogP contribution in [0.2, 0.25) is 0 Å².